The Hall–Kier alpha value is -2.74. The normalized spacial score (nSPS) is 43.2. The topological polar surface area (TPSA) is 131 Å². The molecular formula is C26H30O8. The molecule has 1 heterocycles. The summed E-state index contributed by atoms with van der Waals surface area (Å²) in [7, 11) is 0. The van der Waals surface area contributed by atoms with Crippen molar-refractivity contribution in [2.24, 2.45) is 34.5 Å². The number of ketones is 1. The number of ether oxygens (including phenoxy) is 1. The van der Waals surface area contributed by atoms with Crippen LogP contribution in [0, 0.1) is 34.5 Å². The zero-order valence-electron chi connectivity index (χ0n) is 19.4. The van der Waals surface area contributed by atoms with Gasteiger partial charge in [-0.2, -0.15) is 0 Å². The Kier molecular flexibility index (Phi) is 5.17. The first kappa shape index (κ1) is 23.0. The van der Waals surface area contributed by atoms with Gasteiger partial charge in [0, 0.05) is 5.41 Å². The van der Waals surface area contributed by atoms with E-state index in [-0.39, 0.29) is 42.1 Å². The Morgan fingerprint density at radius 2 is 2.00 bits per heavy atom. The summed E-state index contributed by atoms with van der Waals surface area (Å²) in [5, 5.41) is 21.9. The fourth-order valence-corrected chi connectivity index (χ4v) is 8.08. The van der Waals surface area contributed by atoms with E-state index in [1.165, 1.54) is 18.4 Å². The minimum atomic E-state index is -1.78. The van der Waals surface area contributed by atoms with Gasteiger partial charge in [-0.05, 0) is 79.9 Å². The van der Waals surface area contributed by atoms with Crippen LogP contribution in [0.4, 0.5) is 0 Å². The number of aliphatic hydroxyl groups excluding tert-OH is 1. The van der Waals surface area contributed by atoms with Crippen molar-refractivity contribution >= 4 is 24.0 Å². The Labute approximate surface area is 197 Å². The highest BCUT2D eigenvalue weighted by Gasteiger charge is 2.71. The summed E-state index contributed by atoms with van der Waals surface area (Å²) in [5.74, 6) is -3.30. The van der Waals surface area contributed by atoms with Crippen LogP contribution in [0.5, 0.6) is 0 Å². The quantitative estimate of drug-likeness (QED) is 0.390. The predicted octanol–water partition coefficient (Wildman–Crippen LogP) is 3.19. The molecule has 34 heavy (non-hydrogen) atoms. The molecule has 0 spiro atoms. The largest absolute Gasteiger partial charge is 0.478 e. The summed E-state index contributed by atoms with van der Waals surface area (Å²) in [6, 6.07) is 2.97. The highest BCUT2D eigenvalue weighted by Crippen LogP contribution is 2.68. The third-order valence-corrected chi connectivity index (χ3v) is 9.62. The van der Waals surface area contributed by atoms with Crippen LogP contribution < -0.4 is 0 Å². The van der Waals surface area contributed by atoms with Crippen molar-refractivity contribution < 1.29 is 38.5 Å². The van der Waals surface area contributed by atoms with E-state index in [9.17, 15) is 29.4 Å². The summed E-state index contributed by atoms with van der Waals surface area (Å²) in [5.41, 5.74) is -2.29. The maximum atomic E-state index is 12.8. The van der Waals surface area contributed by atoms with E-state index < -0.39 is 40.4 Å². The van der Waals surface area contributed by atoms with Crippen molar-refractivity contribution in [3.8, 4) is 0 Å². The molecule has 5 rings (SSSR count). The molecule has 1 unspecified atom stereocenters. The van der Waals surface area contributed by atoms with Gasteiger partial charge >= 0.3 is 11.9 Å². The molecule has 0 aromatic carbocycles. The van der Waals surface area contributed by atoms with E-state index >= 15 is 0 Å². The molecule has 3 saturated carbocycles. The number of fused-ring (bicyclic) bond motifs is 5. The van der Waals surface area contributed by atoms with Gasteiger partial charge in [-0.1, -0.05) is 19.4 Å². The Bertz CT molecular complexity index is 1070. The number of carbonyl (C=O) groups is 4. The van der Waals surface area contributed by atoms with Gasteiger partial charge in [0.2, 0.25) is 11.4 Å². The van der Waals surface area contributed by atoms with Crippen molar-refractivity contribution in [2.75, 3.05) is 0 Å². The van der Waals surface area contributed by atoms with Crippen molar-refractivity contribution in [1.29, 1.82) is 0 Å². The van der Waals surface area contributed by atoms with Gasteiger partial charge in [-0.25, -0.2) is 9.59 Å². The fourth-order valence-electron chi connectivity index (χ4n) is 8.08. The molecule has 4 aliphatic rings. The summed E-state index contributed by atoms with van der Waals surface area (Å²) in [6.45, 7) is 3.85. The highest BCUT2D eigenvalue weighted by molar-refractivity contribution is 6.02. The van der Waals surface area contributed by atoms with E-state index in [1.807, 2.05) is 13.8 Å². The molecule has 1 aromatic rings. The molecule has 0 bridgehead atoms. The number of carboxylic acid groups (broad SMARTS) is 1. The number of rotatable bonds is 4. The number of esters is 1. The lowest BCUT2D eigenvalue weighted by atomic mass is 9.45. The van der Waals surface area contributed by atoms with Crippen molar-refractivity contribution in [3.05, 3.63) is 35.8 Å². The van der Waals surface area contributed by atoms with Gasteiger partial charge in [-0.3, -0.25) is 4.79 Å². The lowest BCUT2D eigenvalue weighted by molar-refractivity contribution is -0.196. The maximum Gasteiger partial charge on any atom is 0.375 e. The SMILES string of the molecule is C[C@@]12CC(C=O)C(=O)C=C1CC[C@H]1[C@H]2[C@H](O)C[C@]2(C)[C@@H]1CC[C@@]2(OC(=O)c1ccco1)C(=O)O. The Morgan fingerprint density at radius 3 is 2.65 bits per heavy atom. The molecule has 2 N–H and O–H groups in total. The minimum absolute atomic E-state index is 0.0139. The van der Waals surface area contributed by atoms with Crippen LogP contribution in [0.2, 0.25) is 0 Å². The molecule has 182 valence electrons. The highest BCUT2D eigenvalue weighted by atomic mass is 16.6. The van der Waals surface area contributed by atoms with Crippen LogP contribution in [0.1, 0.15) is 62.9 Å². The van der Waals surface area contributed by atoms with Crippen molar-refractivity contribution in [2.45, 2.75) is 64.1 Å². The first-order valence-corrected chi connectivity index (χ1v) is 12.0. The third kappa shape index (κ3) is 2.93. The van der Waals surface area contributed by atoms with Gasteiger partial charge in [0.25, 0.3) is 0 Å². The van der Waals surface area contributed by atoms with E-state index in [4.69, 9.17) is 9.15 Å². The van der Waals surface area contributed by atoms with Crippen LogP contribution in [0.25, 0.3) is 0 Å². The second-order valence-corrected chi connectivity index (χ2v) is 11.0. The second kappa shape index (κ2) is 7.63. The van der Waals surface area contributed by atoms with Gasteiger partial charge in [0.1, 0.15) is 6.29 Å². The molecule has 0 amide bonds. The summed E-state index contributed by atoms with van der Waals surface area (Å²) in [4.78, 5) is 49.4. The number of allylic oxidation sites excluding steroid dienone is 1. The first-order chi connectivity index (χ1) is 16.1. The van der Waals surface area contributed by atoms with E-state index in [0.29, 0.717) is 32.0 Å². The number of hydrogen-bond donors (Lipinski definition) is 2. The number of carbonyl (C=O) groups excluding carboxylic acids is 3. The molecule has 8 nitrogen and oxygen atoms in total. The zero-order chi connectivity index (χ0) is 24.5. The second-order valence-electron chi connectivity index (χ2n) is 11.0. The number of aliphatic carboxylic acids is 1. The molecule has 0 aliphatic heterocycles. The van der Waals surface area contributed by atoms with Crippen LogP contribution in [0.15, 0.2) is 34.5 Å². The molecular weight excluding hydrogens is 440 g/mol. The molecule has 8 atom stereocenters. The molecule has 1 aromatic heterocycles. The summed E-state index contributed by atoms with van der Waals surface area (Å²) >= 11 is 0. The summed E-state index contributed by atoms with van der Waals surface area (Å²) in [6.07, 6.45) is 5.36. The number of aliphatic hydroxyl groups is 1. The molecule has 0 saturated heterocycles. The van der Waals surface area contributed by atoms with E-state index in [2.05, 4.69) is 0 Å². The van der Waals surface area contributed by atoms with Gasteiger partial charge in [0.15, 0.2) is 5.78 Å². The average Bonchev–Trinajstić information content (AvgIpc) is 3.41. The smallest absolute Gasteiger partial charge is 0.375 e. The number of carboxylic acids is 1. The van der Waals surface area contributed by atoms with Crippen LogP contribution in [-0.2, 0) is 19.1 Å². The van der Waals surface area contributed by atoms with Crippen molar-refractivity contribution in [1.82, 2.24) is 0 Å². The lowest BCUT2D eigenvalue weighted by Gasteiger charge is -2.60. The first-order valence-electron chi connectivity index (χ1n) is 12.0. The molecule has 3 fully saturated rings. The maximum absolute atomic E-state index is 12.8. The van der Waals surface area contributed by atoms with Gasteiger partial charge in [-0.15, -0.1) is 0 Å². The van der Waals surface area contributed by atoms with E-state index in [0.717, 1.165) is 5.57 Å². The van der Waals surface area contributed by atoms with Gasteiger partial charge < -0.3 is 24.2 Å². The number of aldehydes is 1. The molecule has 0 radical (unpaired) electrons. The predicted molar refractivity (Wildman–Crippen MR) is 118 cm³/mol. The van der Waals surface area contributed by atoms with Crippen molar-refractivity contribution in [3.63, 3.8) is 0 Å². The third-order valence-electron chi connectivity index (χ3n) is 9.62. The number of hydrogen-bond acceptors (Lipinski definition) is 7. The summed E-state index contributed by atoms with van der Waals surface area (Å²) < 4.78 is 10.9. The molecule has 8 heteroatoms. The molecule has 4 aliphatic carbocycles. The lowest BCUT2D eigenvalue weighted by Crippen LogP contribution is -2.63. The average molecular weight is 471 g/mol. The monoisotopic (exact) mass is 470 g/mol. The van der Waals surface area contributed by atoms with Crippen LogP contribution in [-0.4, -0.2) is 45.9 Å². The van der Waals surface area contributed by atoms with E-state index in [1.54, 1.807) is 6.08 Å². The standard InChI is InChI=1S/C26H30O8/c1-24-11-14(13-27)18(28)10-15(24)5-6-16-17-7-8-26(23(31)32,25(17,2)12-19(29)21(16)24)34-22(30)20-4-3-9-33-20/h3-4,9-10,13-14,16-17,19,21,29H,5-8,11-12H2,1-2H3,(H,31,32)/t14?,16-,17-,19-,21+,24-,25-,26-/m1/s1. The fraction of sp³-hybridized carbons (Fsp3) is 0.615. The van der Waals surface area contributed by atoms with Crippen LogP contribution >= 0.6 is 0 Å². The zero-order valence-corrected chi connectivity index (χ0v) is 19.4. The van der Waals surface area contributed by atoms with Gasteiger partial charge in [0.05, 0.1) is 18.3 Å². The Balaban J connectivity index is 1.52. The minimum Gasteiger partial charge on any atom is -0.478 e. The Morgan fingerprint density at radius 1 is 1.24 bits per heavy atom. The van der Waals surface area contributed by atoms with Crippen LogP contribution in [0.3, 0.4) is 0 Å². The number of furan rings is 1.